The predicted molar refractivity (Wildman–Crippen MR) is 101 cm³/mol. The minimum Gasteiger partial charge on any atom is -0.388 e. The van der Waals surface area contributed by atoms with Crippen molar-refractivity contribution in [2.24, 2.45) is 4.99 Å². The Morgan fingerprint density at radius 2 is 2.15 bits per heavy atom. The number of aliphatic imine (C=N–C) groups is 1. The number of guanidine groups is 1. The molecule has 3 rings (SSSR count). The van der Waals surface area contributed by atoms with Crippen LogP contribution < -0.4 is 15.5 Å². The topological polar surface area (TPSA) is 69.1 Å². The Morgan fingerprint density at radius 1 is 1.37 bits per heavy atom. The van der Waals surface area contributed by atoms with Gasteiger partial charge in [0.15, 0.2) is 5.96 Å². The lowest BCUT2D eigenvalue weighted by atomic mass is 9.95. The maximum atomic E-state index is 14.0. The molecule has 0 radical (unpaired) electrons. The molecule has 0 saturated carbocycles. The van der Waals surface area contributed by atoms with E-state index in [2.05, 4.69) is 15.6 Å². The molecule has 1 aromatic carbocycles. The molecule has 1 aromatic rings. The van der Waals surface area contributed by atoms with E-state index in [-0.39, 0.29) is 6.04 Å². The molecular weight excluding hydrogens is 354 g/mol. The molecule has 0 bridgehead atoms. The van der Waals surface area contributed by atoms with E-state index < -0.39 is 17.2 Å². The highest BCUT2D eigenvalue weighted by molar-refractivity contribution is 5.80. The molecule has 0 amide bonds. The van der Waals surface area contributed by atoms with Crippen molar-refractivity contribution in [3.8, 4) is 0 Å². The number of nitrogens with zero attached hydrogens (tertiary/aromatic N) is 2. The average molecular weight is 382 g/mol. The number of halogens is 2. The first-order chi connectivity index (χ1) is 13.0. The number of nitrogens with one attached hydrogen (secondary N) is 2. The molecule has 1 unspecified atom stereocenters. The summed E-state index contributed by atoms with van der Waals surface area (Å²) in [7, 11) is 0. The van der Waals surface area contributed by atoms with Crippen molar-refractivity contribution in [3.05, 3.63) is 29.8 Å². The van der Waals surface area contributed by atoms with Crippen molar-refractivity contribution < 1.29 is 18.6 Å². The predicted octanol–water partition coefficient (Wildman–Crippen LogP) is 1.64. The molecule has 2 heterocycles. The van der Waals surface area contributed by atoms with Gasteiger partial charge in [-0.25, -0.2) is 8.78 Å². The van der Waals surface area contributed by atoms with Gasteiger partial charge in [0.25, 0.3) is 0 Å². The number of hydrogen-bond donors (Lipinski definition) is 3. The highest BCUT2D eigenvalue weighted by Gasteiger charge is 2.30. The van der Waals surface area contributed by atoms with Gasteiger partial charge in [0.1, 0.15) is 11.6 Å². The number of rotatable bonds is 5. The summed E-state index contributed by atoms with van der Waals surface area (Å²) >= 11 is 0. The molecule has 8 heteroatoms. The SMILES string of the molecule is CCNC(=NCC1(O)CCOCC1)NC1CCN(c2ccc(F)cc2F)C1. The van der Waals surface area contributed by atoms with Crippen molar-refractivity contribution in [2.45, 2.75) is 37.8 Å². The Balaban J connectivity index is 1.59. The second-order valence-electron chi connectivity index (χ2n) is 7.20. The van der Waals surface area contributed by atoms with Crippen molar-refractivity contribution >= 4 is 11.6 Å². The van der Waals surface area contributed by atoms with E-state index in [0.29, 0.717) is 63.9 Å². The van der Waals surface area contributed by atoms with E-state index in [1.54, 1.807) is 0 Å². The van der Waals surface area contributed by atoms with E-state index in [1.807, 2.05) is 11.8 Å². The fraction of sp³-hybridized carbons (Fsp3) is 0.632. The van der Waals surface area contributed by atoms with Crippen LogP contribution in [0.3, 0.4) is 0 Å². The summed E-state index contributed by atoms with van der Waals surface area (Å²) < 4.78 is 32.4. The number of hydrogen-bond acceptors (Lipinski definition) is 4. The molecule has 6 nitrogen and oxygen atoms in total. The van der Waals surface area contributed by atoms with Crippen LogP contribution in [0.1, 0.15) is 26.2 Å². The number of ether oxygens (including phenoxy) is 1. The Morgan fingerprint density at radius 3 is 2.85 bits per heavy atom. The lowest BCUT2D eigenvalue weighted by Crippen LogP contribution is -2.46. The zero-order chi connectivity index (χ0) is 19.3. The van der Waals surface area contributed by atoms with Gasteiger partial charge in [-0.3, -0.25) is 4.99 Å². The van der Waals surface area contributed by atoms with Crippen LogP contribution in [-0.4, -0.2) is 62.1 Å². The van der Waals surface area contributed by atoms with Gasteiger partial charge in [0, 0.05) is 57.8 Å². The molecule has 0 aliphatic carbocycles. The summed E-state index contributed by atoms with van der Waals surface area (Å²) in [6.45, 7) is 5.39. The summed E-state index contributed by atoms with van der Waals surface area (Å²) in [5.41, 5.74) is -0.404. The zero-order valence-electron chi connectivity index (χ0n) is 15.7. The van der Waals surface area contributed by atoms with Crippen LogP contribution in [0.25, 0.3) is 0 Å². The molecule has 1 atom stereocenters. The normalized spacial score (nSPS) is 22.7. The van der Waals surface area contributed by atoms with E-state index >= 15 is 0 Å². The van der Waals surface area contributed by atoms with Gasteiger partial charge >= 0.3 is 0 Å². The van der Waals surface area contributed by atoms with Crippen LogP contribution in [0.2, 0.25) is 0 Å². The second kappa shape index (κ2) is 8.84. The Hall–Kier alpha value is -1.93. The molecular formula is C19H28F2N4O2. The zero-order valence-corrected chi connectivity index (χ0v) is 15.7. The average Bonchev–Trinajstić information content (AvgIpc) is 3.09. The molecule has 0 spiro atoms. The Labute approximate surface area is 158 Å². The fourth-order valence-corrected chi connectivity index (χ4v) is 3.48. The number of aliphatic hydroxyl groups is 1. The molecule has 2 aliphatic heterocycles. The first kappa shape index (κ1) is 19.8. The van der Waals surface area contributed by atoms with Crippen molar-refractivity contribution in [1.29, 1.82) is 0 Å². The fourth-order valence-electron chi connectivity index (χ4n) is 3.48. The summed E-state index contributed by atoms with van der Waals surface area (Å²) in [4.78, 5) is 6.45. The third-order valence-corrected chi connectivity index (χ3v) is 5.08. The molecule has 2 fully saturated rings. The summed E-state index contributed by atoms with van der Waals surface area (Å²) in [5, 5.41) is 17.1. The third-order valence-electron chi connectivity index (χ3n) is 5.08. The second-order valence-corrected chi connectivity index (χ2v) is 7.20. The van der Waals surface area contributed by atoms with Crippen LogP contribution in [0.4, 0.5) is 14.5 Å². The Kier molecular flexibility index (Phi) is 6.49. The molecule has 150 valence electrons. The van der Waals surface area contributed by atoms with Gasteiger partial charge < -0.3 is 25.4 Å². The van der Waals surface area contributed by atoms with E-state index in [0.717, 1.165) is 12.5 Å². The first-order valence-corrected chi connectivity index (χ1v) is 9.54. The van der Waals surface area contributed by atoms with E-state index in [4.69, 9.17) is 4.74 Å². The van der Waals surface area contributed by atoms with Crippen molar-refractivity contribution in [2.75, 3.05) is 44.3 Å². The molecule has 27 heavy (non-hydrogen) atoms. The largest absolute Gasteiger partial charge is 0.388 e. The minimum atomic E-state index is -0.820. The van der Waals surface area contributed by atoms with Crippen molar-refractivity contribution in [3.63, 3.8) is 0 Å². The van der Waals surface area contributed by atoms with E-state index in [1.165, 1.54) is 12.1 Å². The van der Waals surface area contributed by atoms with Crippen LogP contribution >= 0.6 is 0 Å². The maximum absolute atomic E-state index is 14.0. The molecule has 0 aromatic heterocycles. The van der Waals surface area contributed by atoms with Gasteiger partial charge in [-0.05, 0) is 25.5 Å². The maximum Gasteiger partial charge on any atom is 0.191 e. The van der Waals surface area contributed by atoms with Gasteiger partial charge in [-0.15, -0.1) is 0 Å². The number of anilines is 1. The van der Waals surface area contributed by atoms with Gasteiger partial charge in [0.05, 0.1) is 17.8 Å². The van der Waals surface area contributed by atoms with Crippen LogP contribution in [-0.2, 0) is 4.74 Å². The lowest BCUT2D eigenvalue weighted by Gasteiger charge is -2.30. The van der Waals surface area contributed by atoms with Crippen LogP contribution in [0, 0.1) is 11.6 Å². The third kappa shape index (κ3) is 5.29. The summed E-state index contributed by atoms with van der Waals surface area (Å²) in [6.07, 6.45) is 1.98. The van der Waals surface area contributed by atoms with Crippen LogP contribution in [0.5, 0.6) is 0 Å². The minimum absolute atomic E-state index is 0.0941. The smallest absolute Gasteiger partial charge is 0.191 e. The van der Waals surface area contributed by atoms with Crippen molar-refractivity contribution in [1.82, 2.24) is 10.6 Å². The van der Waals surface area contributed by atoms with Crippen LogP contribution in [0.15, 0.2) is 23.2 Å². The summed E-state index contributed by atoms with van der Waals surface area (Å²) in [5.74, 6) is -0.473. The lowest BCUT2D eigenvalue weighted by molar-refractivity contribution is -0.0566. The quantitative estimate of drug-likeness (QED) is 0.534. The monoisotopic (exact) mass is 382 g/mol. The molecule has 2 aliphatic rings. The van der Waals surface area contributed by atoms with Gasteiger partial charge in [0.2, 0.25) is 0 Å². The van der Waals surface area contributed by atoms with Gasteiger partial charge in [-0.2, -0.15) is 0 Å². The first-order valence-electron chi connectivity index (χ1n) is 9.54. The molecule has 3 N–H and O–H groups in total. The van der Waals surface area contributed by atoms with E-state index in [9.17, 15) is 13.9 Å². The standard InChI is InChI=1S/C19H28F2N4O2/c1-2-22-18(23-13-19(26)6-9-27-10-7-19)24-15-5-8-25(12-15)17-4-3-14(20)11-16(17)21/h3-4,11,15,26H,2,5-10,12-13H2,1H3,(H2,22,23,24). The number of benzene rings is 1. The van der Waals surface area contributed by atoms with Gasteiger partial charge in [-0.1, -0.05) is 0 Å². The highest BCUT2D eigenvalue weighted by Crippen LogP contribution is 2.24. The summed E-state index contributed by atoms with van der Waals surface area (Å²) in [6, 6.07) is 3.76. The Bertz CT molecular complexity index is 665. The molecule has 2 saturated heterocycles. The highest BCUT2D eigenvalue weighted by atomic mass is 19.1.